The molecule has 2 aromatic carbocycles. The topological polar surface area (TPSA) is 139 Å². The van der Waals surface area contributed by atoms with Crippen molar-refractivity contribution in [2.45, 2.75) is 39.0 Å². The molecule has 4 aliphatic rings. The molecule has 1 N–H and O–H groups in total. The van der Waals surface area contributed by atoms with Crippen molar-refractivity contribution in [3.05, 3.63) is 88.5 Å². The van der Waals surface area contributed by atoms with E-state index < -0.39 is 64.7 Å². The Balaban J connectivity index is 1.27. The number of carbonyl (C=O) groups is 5. The van der Waals surface area contributed by atoms with Crippen LogP contribution >= 0.6 is 22.9 Å². The molecule has 0 bridgehead atoms. The summed E-state index contributed by atoms with van der Waals surface area (Å²) in [6, 6.07) is 12.7. The number of phenols is 1. The van der Waals surface area contributed by atoms with Crippen molar-refractivity contribution < 1.29 is 33.8 Å². The minimum Gasteiger partial charge on any atom is -0.507 e. The molecular weight excluding hydrogens is 704 g/mol. The number of amides is 5. The number of allylic oxidation sites excluding steroid dienone is 3. The number of aromatic hydroxyl groups is 1. The van der Waals surface area contributed by atoms with E-state index in [1.807, 2.05) is 31.2 Å². The lowest BCUT2D eigenvalue weighted by molar-refractivity contribution is -0.138. The minimum absolute atomic E-state index is 0.0251. The predicted octanol–water partition coefficient (Wildman–Crippen LogP) is 6.69. The Morgan fingerprint density at radius 2 is 1.90 bits per heavy atom. The van der Waals surface area contributed by atoms with Crippen LogP contribution in [0.3, 0.4) is 0 Å². The van der Waals surface area contributed by atoms with E-state index in [4.69, 9.17) is 21.4 Å². The van der Waals surface area contributed by atoms with E-state index in [2.05, 4.69) is 6.58 Å². The highest BCUT2D eigenvalue weighted by Gasteiger charge is 2.68. The zero-order valence-electron chi connectivity index (χ0n) is 28.9. The van der Waals surface area contributed by atoms with Crippen molar-refractivity contribution in [1.29, 1.82) is 0 Å². The van der Waals surface area contributed by atoms with Gasteiger partial charge >= 0.3 is 6.09 Å². The van der Waals surface area contributed by atoms with Gasteiger partial charge in [0.1, 0.15) is 17.3 Å². The van der Waals surface area contributed by atoms with Crippen LogP contribution in [0, 0.1) is 36.0 Å². The first-order chi connectivity index (χ1) is 24.8. The largest absolute Gasteiger partial charge is 0.507 e. The fourth-order valence-electron chi connectivity index (χ4n) is 9.23. The van der Waals surface area contributed by atoms with Crippen molar-refractivity contribution in [2.75, 3.05) is 12.0 Å². The molecule has 1 saturated carbocycles. The molecule has 4 aromatic rings. The van der Waals surface area contributed by atoms with Gasteiger partial charge in [0.2, 0.25) is 23.6 Å². The number of thiophene rings is 1. The summed E-state index contributed by atoms with van der Waals surface area (Å²) in [5, 5.41) is 18.1. The number of aryl methyl sites for hydroxylation is 2. The number of aromatic nitrogens is 2. The first-order valence-electron chi connectivity index (χ1n) is 17.0. The molecule has 0 unspecified atom stereocenters. The van der Waals surface area contributed by atoms with Crippen LogP contribution in [0.1, 0.15) is 42.4 Å². The fourth-order valence-corrected chi connectivity index (χ4v) is 10.5. The van der Waals surface area contributed by atoms with Crippen LogP contribution in [0.2, 0.25) is 5.02 Å². The average Bonchev–Trinajstić information content (AvgIpc) is 3.79. The number of hydrogen-bond acceptors (Lipinski definition) is 9. The lowest BCUT2D eigenvalue weighted by Crippen LogP contribution is -2.49. The molecule has 5 amide bonds. The third-order valence-electron chi connectivity index (χ3n) is 11.7. The standard InChI is InChI=1S/C39H35ClN4O7S/c1-6-8-19-9-7-10-23(32(19)45)31-21-12-13-22-30(36(48)44(34(22)46)38(50)51-5)25(21)16-26-35(47)43(37(49)39(26,31)3)29-17-27(41-42(29)4)33-18(2)24-15-20(40)11-14-28(24)52-33/h6-7,9-12,14-15,17,22,25-26,30-31,45H,1,8,13,16H2,2-5H3/t22-,25+,26-,30-,31+,39+/m0/s1. The third kappa shape index (κ3) is 4.56. The number of carbonyl (C=O) groups excluding carboxylic acids is 5. The minimum atomic E-state index is -1.39. The van der Waals surface area contributed by atoms with Crippen LogP contribution in [0.5, 0.6) is 5.75 Å². The van der Waals surface area contributed by atoms with E-state index in [1.54, 1.807) is 55.6 Å². The van der Waals surface area contributed by atoms with Crippen LogP contribution in [0.4, 0.5) is 10.6 Å². The lowest BCUT2D eigenvalue weighted by atomic mass is 9.51. The molecule has 8 rings (SSSR count). The molecule has 2 aromatic heterocycles. The van der Waals surface area contributed by atoms with Gasteiger partial charge in [-0.15, -0.1) is 17.9 Å². The van der Waals surface area contributed by atoms with E-state index in [1.165, 1.54) is 9.58 Å². The summed E-state index contributed by atoms with van der Waals surface area (Å²) in [5.74, 6) is -6.18. The Morgan fingerprint density at radius 1 is 1.13 bits per heavy atom. The molecule has 6 atom stereocenters. The van der Waals surface area contributed by atoms with Crippen LogP contribution in [-0.2, 0) is 37.4 Å². The molecule has 11 nitrogen and oxygen atoms in total. The van der Waals surface area contributed by atoms with Gasteiger partial charge in [-0.3, -0.25) is 23.9 Å². The number of fused-ring (bicyclic) bond motifs is 5. The molecule has 2 saturated heterocycles. The van der Waals surface area contributed by atoms with Gasteiger partial charge < -0.3 is 9.84 Å². The lowest BCUT2D eigenvalue weighted by Gasteiger charge is -2.49. The number of hydrogen-bond donors (Lipinski definition) is 1. The van der Waals surface area contributed by atoms with Crippen LogP contribution in [0.25, 0.3) is 20.7 Å². The number of ether oxygens (including phenoxy) is 1. The van der Waals surface area contributed by atoms with Gasteiger partial charge in [0.15, 0.2) is 0 Å². The number of likely N-dealkylation sites (tertiary alicyclic amines) is 1. The second-order valence-corrected chi connectivity index (χ2v) is 15.7. The van der Waals surface area contributed by atoms with Gasteiger partial charge in [0.25, 0.3) is 0 Å². The number of anilines is 1. The molecule has 0 radical (unpaired) electrons. The number of halogens is 1. The van der Waals surface area contributed by atoms with E-state index in [0.717, 1.165) is 27.6 Å². The molecule has 2 aliphatic heterocycles. The van der Waals surface area contributed by atoms with Gasteiger partial charge in [-0.05, 0) is 73.7 Å². The Hall–Kier alpha value is -5.07. The molecule has 13 heteroatoms. The van der Waals surface area contributed by atoms with Gasteiger partial charge in [-0.2, -0.15) is 10.00 Å². The molecule has 266 valence electrons. The number of nitrogens with zero attached hydrogens (tertiary/aromatic N) is 4. The summed E-state index contributed by atoms with van der Waals surface area (Å²) in [6.07, 6.45) is 3.07. The van der Waals surface area contributed by atoms with E-state index in [0.29, 0.717) is 38.7 Å². The number of rotatable bonds is 5. The smallest absolute Gasteiger partial charge is 0.423 e. The highest BCUT2D eigenvalue weighted by molar-refractivity contribution is 7.22. The molecule has 52 heavy (non-hydrogen) atoms. The number of imide groups is 4. The summed E-state index contributed by atoms with van der Waals surface area (Å²) in [4.78, 5) is 72.4. The van der Waals surface area contributed by atoms with E-state index in [9.17, 15) is 24.3 Å². The zero-order valence-corrected chi connectivity index (χ0v) is 30.5. The first-order valence-corrected chi connectivity index (χ1v) is 18.2. The maximum Gasteiger partial charge on any atom is 0.423 e. The number of para-hydroxylation sites is 1. The van der Waals surface area contributed by atoms with Crippen LogP contribution in [0.15, 0.2) is 66.8 Å². The monoisotopic (exact) mass is 738 g/mol. The average molecular weight is 739 g/mol. The summed E-state index contributed by atoms with van der Waals surface area (Å²) in [7, 11) is 2.79. The van der Waals surface area contributed by atoms with Gasteiger partial charge in [-0.1, -0.05) is 47.5 Å². The van der Waals surface area contributed by atoms with E-state index >= 15 is 4.79 Å². The summed E-state index contributed by atoms with van der Waals surface area (Å²) < 4.78 is 7.33. The van der Waals surface area contributed by atoms with Crippen molar-refractivity contribution >= 4 is 68.6 Å². The maximum absolute atomic E-state index is 15.1. The van der Waals surface area contributed by atoms with Crippen molar-refractivity contribution in [3.8, 4) is 16.3 Å². The summed E-state index contributed by atoms with van der Waals surface area (Å²) in [5.41, 5.74) is 1.90. The highest BCUT2D eigenvalue weighted by atomic mass is 35.5. The zero-order chi connectivity index (χ0) is 37.0. The van der Waals surface area contributed by atoms with Crippen LogP contribution < -0.4 is 4.90 Å². The Labute approximate surface area is 308 Å². The first kappa shape index (κ1) is 34.0. The Morgan fingerprint density at radius 3 is 2.63 bits per heavy atom. The fraction of sp³-hybridized carbons (Fsp3) is 0.333. The second kappa shape index (κ2) is 12.0. The second-order valence-electron chi connectivity index (χ2n) is 14.2. The number of methoxy groups -OCH3 is 1. The number of phenolic OH excluding ortho intramolecular Hbond substituents is 1. The van der Waals surface area contributed by atoms with Gasteiger partial charge in [0, 0.05) is 34.3 Å². The number of benzene rings is 2. The quantitative estimate of drug-likeness (QED) is 0.177. The van der Waals surface area contributed by atoms with Gasteiger partial charge in [-0.25, -0.2) is 9.69 Å². The molecule has 2 aliphatic carbocycles. The van der Waals surface area contributed by atoms with Gasteiger partial charge in [0.05, 0.1) is 35.2 Å². The maximum atomic E-state index is 15.1. The van der Waals surface area contributed by atoms with Crippen molar-refractivity contribution in [1.82, 2.24) is 14.7 Å². The SMILES string of the molecule is C=CCc1cccc([C@H]2C3=CC[C@@H]4C(=O)N(C(=O)OC)C(=O)[C@@H]4[C@@H]3C[C@H]3C(=O)N(c4cc(-c5sc6ccc(Cl)cc6c5C)nn4C)C(=O)[C@@]23C)c1O. The molecule has 0 spiro atoms. The Bertz CT molecular complexity index is 2330. The van der Waals surface area contributed by atoms with Crippen molar-refractivity contribution in [3.63, 3.8) is 0 Å². The van der Waals surface area contributed by atoms with E-state index in [-0.39, 0.29) is 24.4 Å². The molecule has 4 heterocycles. The van der Waals surface area contributed by atoms with Crippen molar-refractivity contribution in [2.24, 2.45) is 36.1 Å². The summed E-state index contributed by atoms with van der Waals surface area (Å²) >= 11 is 7.84. The Kier molecular flexibility index (Phi) is 7.85. The highest BCUT2D eigenvalue weighted by Crippen LogP contribution is 2.64. The van der Waals surface area contributed by atoms with Crippen LogP contribution in [-0.4, -0.2) is 56.6 Å². The summed E-state index contributed by atoms with van der Waals surface area (Å²) in [6.45, 7) is 7.56. The molecular formula is C39H35ClN4O7S. The predicted molar refractivity (Wildman–Crippen MR) is 195 cm³/mol. The normalized spacial score (nSPS) is 26.8. The molecule has 3 fully saturated rings. The third-order valence-corrected chi connectivity index (χ3v) is 13.2.